The van der Waals surface area contributed by atoms with Gasteiger partial charge in [-0.3, -0.25) is 10.4 Å². The van der Waals surface area contributed by atoms with E-state index in [0.29, 0.717) is 35.0 Å². The molecule has 1 aliphatic heterocycles. The number of ether oxygens (including phenoxy) is 1. The van der Waals surface area contributed by atoms with Gasteiger partial charge in [0.05, 0.1) is 25.4 Å². The Morgan fingerprint density at radius 2 is 2.07 bits per heavy atom. The smallest absolute Gasteiger partial charge is 0.337 e. The average molecular weight is 410 g/mol. The summed E-state index contributed by atoms with van der Waals surface area (Å²) >= 11 is 0. The Morgan fingerprint density at radius 3 is 2.73 bits per heavy atom. The van der Waals surface area contributed by atoms with E-state index in [1.807, 2.05) is 0 Å². The Hall–Kier alpha value is -3.79. The molecule has 1 aliphatic rings. The summed E-state index contributed by atoms with van der Waals surface area (Å²) in [6.45, 7) is 0.298. The van der Waals surface area contributed by atoms with E-state index in [0.717, 1.165) is 11.8 Å². The maximum Gasteiger partial charge on any atom is 0.337 e. The highest BCUT2D eigenvalue weighted by molar-refractivity contribution is 6.01. The zero-order valence-electron chi connectivity index (χ0n) is 16.3. The van der Waals surface area contributed by atoms with E-state index in [-0.39, 0.29) is 5.84 Å². The Bertz CT molecular complexity index is 1130. The minimum absolute atomic E-state index is 0.0293. The van der Waals surface area contributed by atoms with Crippen LogP contribution in [-0.4, -0.2) is 56.9 Å². The maximum atomic E-state index is 13.8. The molecule has 9 nitrogen and oxygen atoms in total. The minimum atomic E-state index is -1.11. The van der Waals surface area contributed by atoms with Crippen molar-refractivity contribution in [2.45, 2.75) is 12.9 Å². The summed E-state index contributed by atoms with van der Waals surface area (Å²) in [6, 6.07) is 8.13. The Kier molecular flexibility index (Phi) is 4.92. The first-order chi connectivity index (χ1) is 14.4. The van der Waals surface area contributed by atoms with E-state index in [9.17, 15) is 14.3 Å². The van der Waals surface area contributed by atoms with Crippen LogP contribution >= 0.6 is 0 Å². The summed E-state index contributed by atoms with van der Waals surface area (Å²) in [4.78, 5) is 21.4. The lowest BCUT2D eigenvalue weighted by Crippen LogP contribution is -2.46. The molecule has 0 saturated carbocycles. The number of aliphatic hydroxyl groups is 1. The third-order valence-corrected chi connectivity index (χ3v) is 4.86. The van der Waals surface area contributed by atoms with E-state index in [4.69, 9.17) is 10.1 Å². The van der Waals surface area contributed by atoms with Crippen LogP contribution < -0.4 is 5.32 Å². The van der Waals surface area contributed by atoms with Crippen molar-refractivity contribution in [3.8, 4) is 11.4 Å². The number of esters is 1. The molecule has 0 radical (unpaired) electrons. The van der Waals surface area contributed by atoms with Crippen molar-refractivity contribution in [1.29, 1.82) is 5.41 Å². The number of hydrogen-bond acceptors (Lipinski definition) is 7. The van der Waals surface area contributed by atoms with Crippen molar-refractivity contribution in [2.75, 3.05) is 19.5 Å². The summed E-state index contributed by atoms with van der Waals surface area (Å²) in [5, 5.41) is 21.5. The van der Waals surface area contributed by atoms with E-state index in [1.54, 1.807) is 35.9 Å². The number of aliphatic hydroxyl groups excluding tert-OH is 1. The molecular weight excluding hydrogens is 391 g/mol. The second-order valence-corrected chi connectivity index (χ2v) is 6.78. The van der Waals surface area contributed by atoms with Crippen LogP contribution in [0.1, 0.15) is 21.6 Å². The van der Waals surface area contributed by atoms with Crippen LogP contribution in [0.2, 0.25) is 0 Å². The van der Waals surface area contributed by atoms with Crippen LogP contribution in [0.3, 0.4) is 0 Å². The van der Waals surface area contributed by atoms with Gasteiger partial charge in [0.1, 0.15) is 23.2 Å². The number of imidazole rings is 1. The van der Waals surface area contributed by atoms with Crippen LogP contribution in [0.4, 0.5) is 10.2 Å². The number of rotatable bonds is 4. The number of nitrogens with one attached hydrogen (secondary N) is 2. The van der Waals surface area contributed by atoms with Crippen LogP contribution in [-0.2, 0) is 11.3 Å². The molecule has 3 heterocycles. The molecule has 10 heteroatoms. The predicted octanol–water partition coefficient (Wildman–Crippen LogP) is 1.88. The van der Waals surface area contributed by atoms with Crippen molar-refractivity contribution in [1.82, 2.24) is 19.4 Å². The quantitative estimate of drug-likeness (QED) is 0.562. The van der Waals surface area contributed by atoms with E-state index < -0.39 is 18.1 Å². The molecule has 3 N–H and O–H groups in total. The first-order valence-electron chi connectivity index (χ1n) is 9.04. The van der Waals surface area contributed by atoms with Crippen molar-refractivity contribution < 1.29 is 19.0 Å². The highest BCUT2D eigenvalue weighted by Crippen LogP contribution is 2.31. The van der Waals surface area contributed by atoms with Gasteiger partial charge in [0, 0.05) is 18.8 Å². The molecule has 4 rings (SSSR count). The summed E-state index contributed by atoms with van der Waals surface area (Å²) in [5.41, 5.74) is 2.01. The summed E-state index contributed by atoms with van der Waals surface area (Å²) in [7, 11) is 2.88. The van der Waals surface area contributed by atoms with Gasteiger partial charge in [-0.15, -0.1) is 0 Å². The fraction of sp³-hybridized carbons (Fsp3) is 0.200. The molecule has 0 bridgehead atoms. The van der Waals surface area contributed by atoms with Crippen LogP contribution in [0, 0.1) is 11.2 Å². The Balaban J connectivity index is 1.80. The molecule has 1 atom stereocenters. The molecule has 0 saturated heterocycles. The third-order valence-electron chi connectivity index (χ3n) is 4.86. The van der Waals surface area contributed by atoms with Gasteiger partial charge in [-0.1, -0.05) is 12.1 Å². The lowest BCUT2D eigenvalue weighted by atomic mass is 10.1. The lowest BCUT2D eigenvalue weighted by Gasteiger charge is -2.31. The number of carbonyl (C=O) groups excluding carboxylic acids is 1. The number of carbonyl (C=O) groups is 1. The number of aromatic nitrogens is 3. The third kappa shape index (κ3) is 3.37. The monoisotopic (exact) mass is 410 g/mol. The van der Waals surface area contributed by atoms with Gasteiger partial charge < -0.3 is 24.6 Å². The predicted molar refractivity (Wildman–Crippen MR) is 107 cm³/mol. The average Bonchev–Trinajstić information content (AvgIpc) is 3.10. The summed E-state index contributed by atoms with van der Waals surface area (Å²) < 4.78 is 20.3. The highest BCUT2D eigenvalue weighted by atomic mass is 19.1. The number of halogens is 1. The number of anilines is 1. The van der Waals surface area contributed by atoms with Gasteiger partial charge in [-0.05, 0) is 23.8 Å². The standard InChI is InChI=1S/C20H19FN6O3/c1-26-16(22)15-18(25-20(26)29)27(17(24-15)13-7-14(21)9-23-8-13)10-11-3-5-12(6-4-11)19(28)30-2/h3-9,20,22,25,29H,10H2,1-2H3. The Morgan fingerprint density at radius 1 is 1.33 bits per heavy atom. The van der Waals surface area contributed by atoms with E-state index >= 15 is 0 Å². The number of hydrogen-bond donors (Lipinski definition) is 3. The number of nitrogens with zero attached hydrogens (tertiary/aromatic N) is 4. The van der Waals surface area contributed by atoms with Gasteiger partial charge in [-0.2, -0.15) is 0 Å². The Labute approximate surface area is 171 Å². The van der Waals surface area contributed by atoms with Gasteiger partial charge in [0.2, 0.25) is 6.35 Å². The van der Waals surface area contributed by atoms with Crippen LogP contribution in [0.5, 0.6) is 0 Å². The molecule has 3 aromatic rings. The molecule has 0 amide bonds. The van der Waals surface area contributed by atoms with Gasteiger partial charge in [0.25, 0.3) is 0 Å². The molecule has 2 aromatic heterocycles. The second-order valence-electron chi connectivity index (χ2n) is 6.78. The van der Waals surface area contributed by atoms with Crippen LogP contribution in [0.15, 0.2) is 42.7 Å². The number of methoxy groups -OCH3 is 1. The molecule has 0 spiro atoms. The number of fused-ring (bicyclic) bond motifs is 1. The van der Waals surface area contributed by atoms with Gasteiger partial charge >= 0.3 is 5.97 Å². The summed E-state index contributed by atoms with van der Waals surface area (Å²) in [6.07, 6.45) is 1.47. The molecule has 30 heavy (non-hydrogen) atoms. The number of benzene rings is 1. The molecular formula is C20H19FN6O3. The SMILES string of the molecule is COC(=O)c1ccc(Cn2c(-c3cncc(F)c3)nc3c2NC(O)N(C)C3=N)cc1. The van der Waals surface area contributed by atoms with Crippen molar-refractivity contribution >= 4 is 17.6 Å². The van der Waals surface area contributed by atoms with Crippen LogP contribution in [0.25, 0.3) is 11.4 Å². The lowest BCUT2D eigenvalue weighted by molar-refractivity contribution is 0.0600. The first-order valence-corrected chi connectivity index (χ1v) is 9.04. The normalized spacial score (nSPS) is 15.5. The highest BCUT2D eigenvalue weighted by Gasteiger charge is 2.31. The fourth-order valence-electron chi connectivity index (χ4n) is 3.23. The summed E-state index contributed by atoms with van der Waals surface area (Å²) in [5.74, 6) is -0.0932. The number of amidine groups is 1. The molecule has 1 unspecified atom stereocenters. The first kappa shape index (κ1) is 19.5. The molecule has 1 aromatic carbocycles. The second kappa shape index (κ2) is 7.56. The van der Waals surface area contributed by atoms with E-state index in [1.165, 1.54) is 24.3 Å². The van der Waals surface area contributed by atoms with Crippen molar-refractivity contribution in [3.05, 3.63) is 65.4 Å². The zero-order chi connectivity index (χ0) is 21.4. The fourth-order valence-corrected chi connectivity index (χ4v) is 3.23. The van der Waals surface area contributed by atoms with Gasteiger partial charge in [0.15, 0.2) is 5.84 Å². The number of pyridine rings is 1. The molecule has 154 valence electrons. The maximum absolute atomic E-state index is 13.8. The largest absolute Gasteiger partial charge is 0.465 e. The molecule has 0 aliphatic carbocycles. The van der Waals surface area contributed by atoms with Crippen molar-refractivity contribution in [2.24, 2.45) is 0 Å². The minimum Gasteiger partial charge on any atom is -0.465 e. The van der Waals surface area contributed by atoms with Gasteiger partial charge in [-0.25, -0.2) is 14.2 Å². The molecule has 0 fully saturated rings. The van der Waals surface area contributed by atoms with E-state index in [2.05, 4.69) is 15.3 Å². The topological polar surface area (TPSA) is 116 Å². The zero-order valence-corrected chi connectivity index (χ0v) is 16.3. The van der Waals surface area contributed by atoms with Crippen molar-refractivity contribution in [3.63, 3.8) is 0 Å².